The van der Waals surface area contributed by atoms with Gasteiger partial charge >= 0.3 is 6.03 Å². The normalized spacial score (nSPS) is 12.2. The van der Waals surface area contributed by atoms with Gasteiger partial charge in [0.15, 0.2) is 0 Å². The molecule has 0 spiro atoms. The number of ether oxygens (including phenoxy) is 1. The van der Waals surface area contributed by atoms with E-state index in [1.807, 2.05) is 17.5 Å². The number of hydrogen-bond donors (Lipinski definition) is 3. The molecule has 114 valence electrons. The standard InChI is InChI=1S/C13H23N3O3S/c1-16(2)13(18)15-6-5-14-8-11(17)9-19-10-12-4-3-7-20-12/h3-4,7,11,14,17H,5-6,8-10H2,1-2H3,(H,15,18). The Hall–Kier alpha value is -1.15. The quantitative estimate of drug-likeness (QED) is 0.580. The van der Waals surface area contributed by atoms with Gasteiger partial charge in [-0.2, -0.15) is 0 Å². The van der Waals surface area contributed by atoms with Crippen molar-refractivity contribution < 1.29 is 14.6 Å². The van der Waals surface area contributed by atoms with Crippen LogP contribution in [0.2, 0.25) is 0 Å². The lowest BCUT2D eigenvalue weighted by Gasteiger charge is -2.14. The van der Waals surface area contributed by atoms with Crippen molar-refractivity contribution in [1.29, 1.82) is 0 Å². The predicted molar refractivity (Wildman–Crippen MR) is 79.9 cm³/mol. The first-order chi connectivity index (χ1) is 9.59. The van der Waals surface area contributed by atoms with E-state index in [-0.39, 0.29) is 6.03 Å². The van der Waals surface area contributed by atoms with E-state index in [1.165, 1.54) is 4.90 Å². The third kappa shape index (κ3) is 7.44. The fourth-order valence-corrected chi connectivity index (χ4v) is 2.07. The molecule has 0 saturated carbocycles. The Morgan fingerprint density at radius 1 is 1.50 bits per heavy atom. The first kappa shape index (κ1) is 16.9. The lowest BCUT2D eigenvalue weighted by atomic mass is 10.3. The van der Waals surface area contributed by atoms with E-state index in [9.17, 15) is 9.90 Å². The zero-order valence-corrected chi connectivity index (χ0v) is 12.8. The summed E-state index contributed by atoms with van der Waals surface area (Å²) in [4.78, 5) is 13.8. The topological polar surface area (TPSA) is 73.8 Å². The molecular formula is C13H23N3O3S. The third-order valence-corrected chi connectivity index (χ3v) is 3.35. The van der Waals surface area contributed by atoms with E-state index in [0.29, 0.717) is 32.8 Å². The summed E-state index contributed by atoms with van der Waals surface area (Å²) in [6, 6.07) is 3.86. The average molecular weight is 301 g/mol. The third-order valence-electron chi connectivity index (χ3n) is 2.50. The lowest BCUT2D eigenvalue weighted by molar-refractivity contribution is 0.0300. The van der Waals surface area contributed by atoms with Gasteiger partial charge in [-0.3, -0.25) is 0 Å². The van der Waals surface area contributed by atoms with Gasteiger partial charge in [-0.1, -0.05) is 6.07 Å². The van der Waals surface area contributed by atoms with E-state index in [4.69, 9.17) is 4.74 Å². The molecule has 1 aromatic heterocycles. The van der Waals surface area contributed by atoms with Gasteiger partial charge in [-0.15, -0.1) is 11.3 Å². The van der Waals surface area contributed by atoms with Crippen LogP contribution in [0.15, 0.2) is 17.5 Å². The smallest absolute Gasteiger partial charge is 0.316 e. The van der Waals surface area contributed by atoms with Gasteiger partial charge in [-0.25, -0.2) is 4.79 Å². The van der Waals surface area contributed by atoms with Gasteiger partial charge in [0.25, 0.3) is 0 Å². The zero-order valence-electron chi connectivity index (χ0n) is 12.0. The Kier molecular flexibility index (Phi) is 8.20. The molecule has 6 nitrogen and oxygen atoms in total. The van der Waals surface area contributed by atoms with Gasteiger partial charge in [0.2, 0.25) is 0 Å². The molecule has 2 amide bonds. The van der Waals surface area contributed by atoms with Crippen LogP contribution >= 0.6 is 11.3 Å². The molecule has 20 heavy (non-hydrogen) atoms. The number of nitrogens with one attached hydrogen (secondary N) is 2. The molecule has 7 heteroatoms. The number of thiophene rings is 1. The Labute approximate surface area is 123 Å². The fourth-order valence-electron chi connectivity index (χ4n) is 1.43. The van der Waals surface area contributed by atoms with Crippen molar-refractivity contribution in [3.8, 4) is 0 Å². The molecule has 0 aliphatic rings. The number of carbonyl (C=O) groups excluding carboxylic acids is 1. The van der Waals surface area contributed by atoms with Crippen molar-refractivity contribution in [1.82, 2.24) is 15.5 Å². The van der Waals surface area contributed by atoms with Crippen LogP contribution < -0.4 is 10.6 Å². The molecule has 1 atom stereocenters. The van der Waals surface area contributed by atoms with E-state index >= 15 is 0 Å². The van der Waals surface area contributed by atoms with E-state index in [0.717, 1.165) is 4.88 Å². The Morgan fingerprint density at radius 3 is 2.95 bits per heavy atom. The van der Waals surface area contributed by atoms with Crippen molar-refractivity contribution in [3.05, 3.63) is 22.4 Å². The van der Waals surface area contributed by atoms with Crippen LogP contribution in [0, 0.1) is 0 Å². The summed E-state index contributed by atoms with van der Waals surface area (Å²) in [5.41, 5.74) is 0. The molecule has 1 aromatic rings. The van der Waals surface area contributed by atoms with Gasteiger partial charge in [0.05, 0.1) is 19.3 Å². The number of hydrogen-bond acceptors (Lipinski definition) is 5. The van der Waals surface area contributed by atoms with Crippen molar-refractivity contribution in [2.75, 3.05) is 40.3 Å². The molecule has 0 fully saturated rings. The summed E-state index contributed by atoms with van der Waals surface area (Å²) < 4.78 is 5.41. The predicted octanol–water partition coefficient (Wildman–Crippen LogP) is 0.486. The molecule has 0 saturated heterocycles. The SMILES string of the molecule is CN(C)C(=O)NCCNCC(O)COCc1cccs1. The highest BCUT2D eigenvalue weighted by Gasteiger charge is 2.05. The Morgan fingerprint density at radius 2 is 2.30 bits per heavy atom. The van der Waals surface area contributed by atoms with Crippen molar-refractivity contribution >= 4 is 17.4 Å². The first-order valence-electron chi connectivity index (χ1n) is 6.53. The summed E-state index contributed by atoms with van der Waals surface area (Å²) in [5, 5.41) is 17.5. The highest BCUT2D eigenvalue weighted by atomic mass is 32.1. The minimum atomic E-state index is -0.542. The highest BCUT2D eigenvalue weighted by molar-refractivity contribution is 7.09. The van der Waals surface area contributed by atoms with Crippen molar-refractivity contribution in [2.24, 2.45) is 0 Å². The maximum atomic E-state index is 11.2. The molecule has 1 unspecified atom stereocenters. The van der Waals surface area contributed by atoms with Crippen LogP contribution in [-0.4, -0.2) is 62.5 Å². The minimum absolute atomic E-state index is 0.119. The van der Waals surface area contributed by atoms with E-state index in [2.05, 4.69) is 10.6 Å². The van der Waals surface area contributed by atoms with Gasteiger partial charge in [-0.05, 0) is 11.4 Å². The fraction of sp³-hybridized carbons (Fsp3) is 0.615. The second-order valence-corrected chi connectivity index (χ2v) is 5.61. The van der Waals surface area contributed by atoms with Crippen molar-refractivity contribution in [2.45, 2.75) is 12.7 Å². The Bertz CT molecular complexity index is 371. The van der Waals surface area contributed by atoms with E-state index < -0.39 is 6.10 Å². The van der Waals surface area contributed by atoms with Gasteiger partial charge < -0.3 is 25.4 Å². The van der Waals surface area contributed by atoms with Crippen LogP contribution in [0.3, 0.4) is 0 Å². The van der Waals surface area contributed by atoms with Crippen LogP contribution in [0.1, 0.15) is 4.88 Å². The summed E-state index contributed by atoms with van der Waals surface area (Å²) in [5.74, 6) is 0. The largest absolute Gasteiger partial charge is 0.389 e. The summed E-state index contributed by atoms with van der Waals surface area (Å²) >= 11 is 1.64. The van der Waals surface area contributed by atoms with Gasteiger partial charge in [0.1, 0.15) is 0 Å². The van der Waals surface area contributed by atoms with Crippen LogP contribution in [0.4, 0.5) is 4.79 Å². The number of rotatable bonds is 9. The molecule has 1 heterocycles. The molecule has 0 aromatic carbocycles. The molecule has 0 aliphatic heterocycles. The van der Waals surface area contributed by atoms with Crippen LogP contribution in [0.25, 0.3) is 0 Å². The van der Waals surface area contributed by atoms with Crippen molar-refractivity contribution in [3.63, 3.8) is 0 Å². The number of urea groups is 1. The van der Waals surface area contributed by atoms with E-state index in [1.54, 1.807) is 25.4 Å². The van der Waals surface area contributed by atoms with Crippen LogP contribution in [-0.2, 0) is 11.3 Å². The minimum Gasteiger partial charge on any atom is -0.389 e. The number of aliphatic hydroxyl groups excluding tert-OH is 1. The number of nitrogens with zero attached hydrogens (tertiary/aromatic N) is 1. The first-order valence-corrected chi connectivity index (χ1v) is 7.41. The zero-order chi connectivity index (χ0) is 14.8. The maximum absolute atomic E-state index is 11.2. The lowest BCUT2D eigenvalue weighted by Crippen LogP contribution is -2.40. The Balaban J connectivity index is 1.95. The molecule has 1 rings (SSSR count). The number of aliphatic hydroxyl groups is 1. The molecule has 0 radical (unpaired) electrons. The maximum Gasteiger partial charge on any atom is 0.316 e. The number of amides is 2. The molecular weight excluding hydrogens is 278 g/mol. The average Bonchev–Trinajstić information content (AvgIpc) is 2.91. The highest BCUT2D eigenvalue weighted by Crippen LogP contribution is 2.09. The monoisotopic (exact) mass is 301 g/mol. The molecule has 3 N–H and O–H groups in total. The molecule has 0 bridgehead atoms. The second-order valence-electron chi connectivity index (χ2n) is 4.58. The summed E-state index contributed by atoms with van der Waals surface area (Å²) in [6.07, 6.45) is -0.542. The van der Waals surface area contributed by atoms with Crippen LogP contribution in [0.5, 0.6) is 0 Å². The summed E-state index contributed by atoms with van der Waals surface area (Å²) in [6.45, 7) is 2.42. The molecule has 0 aliphatic carbocycles. The van der Waals surface area contributed by atoms with Gasteiger partial charge in [0, 0.05) is 38.6 Å². The number of carbonyl (C=O) groups is 1. The second kappa shape index (κ2) is 9.71. The summed E-state index contributed by atoms with van der Waals surface area (Å²) in [7, 11) is 3.38.